The molecule has 0 unspecified atom stereocenters. The minimum absolute atomic E-state index is 0.550. The van der Waals surface area contributed by atoms with Crippen LogP contribution in [0.2, 0.25) is 0 Å². The van der Waals surface area contributed by atoms with Gasteiger partial charge < -0.3 is 0 Å². The molecule has 0 bridgehead atoms. The summed E-state index contributed by atoms with van der Waals surface area (Å²) < 4.78 is 0. The van der Waals surface area contributed by atoms with Gasteiger partial charge in [0.2, 0.25) is 0 Å². The van der Waals surface area contributed by atoms with E-state index in [1.54, 1.807) is 0 Å². The maximum Gasteiger partial charge on any atom is -0.0102 e. The van der Waals surface area contributed by atoms with Gasteiger partial charge in [0.05, 0.1) is 0 Å². The van der Waals surface area contributed by atoms with Crippen LogP contribution in [0.15, 0.2) is 42.5 Å². The first-order valence-corrected chi connectivity index (χ1v) is 7.01. The lowest BCUT2D eigenvalue weighted by molar-refractivity contribution is 0.869. The van der Waals surface area contributed by atoms with Crippen molar-refractivity contribution in [1.29, 1.82) is 0 Å². The number of fused-ring (bicyclic) bond motifs is 3. The van der Waals surface area contributed by atoms with Gasteiger partial charge in [-0.25, -0.2) is 0 Å². The molecule has 0 aromatic heterocycles. The lowest BCUT2D eigenvalue weighted by atomic mass is 9.86. The third kappa shape index (κ3) is 1.83. The second-order valence-corrected chi connectivity index (χ2v) is 5.79. The van der Waals surface area contributed by atoms with Gasteiger partial charge in [-0.05, 0) is 52.4 Å². The third-order valence-corrected chi connectivity index (χ3v) is 4.07. The summed E-state index contributed by atoms with van der Waals surface area (Å²) in [5.41, 5.74) is 4.27. The van der Waals surface area contributed by atoms with Crippen LogP contribution in [0.4, 0.5) is 0 Å². The molecule has 0 heterocycles. The number of benzene rings is 3. The van der Waals surface area contributed by atoms with E-state index in [-0.39, 0.29) is 0 Å². The fourth-order valence-corrected chi connectivity index (χ4v) is 3.25. The van der Waals surface area contributed by atoms with Crippen LogP contribution in [-0.2, 0) is 0 Å². The van der Waals surface area contributed by atoms with Crippen molar-refractivity contribution < 1.29 is 0 Å². The Bertz CT molecular complexity index is 764. The van der Waals surface area contributed by atoms with E-state index in [0.29, 0.717) is 5.92 Å². The zero-order valence-electron chi connectivity index (χ0n) is 12.1. The number of aryl methyl sites for hydroxylation is 2. The van der Waals surface area contributed by atoms with Crippen LogP contribution < -0.4 is 0 Å². The monoisotopic (exact) mass is 248 g/mol. The van der Waals surface area contributed by atoms with Crippen molar-refractivity contribution >= 4 is 21.5 Å². The smallest absolute Gasteiger partial charge is 0.0102 e. The van der Waals surface area contributed by atoms with Crippen molar-refractivity contribution in [2.75, 3.05) is 0 Å². The Morgan fingerprint density at radius 2 is 1.37 bits per heavy atom. The highest BCUT2D eigenvalue weighted by Crippen LogP contribution is 2.36. The van der Waals surface area contributed by atoms with Crippen LogP contribution >= 0.6 is 0 Å². The van der Waals surface area contributed by atoms with Gasteiger partial charge in [0.15, 0.2) is 0 Å². The molecular formula is C19H20. The van der Waals surface area contributed by atoms with E-state index in [4.69, 9.17) is 0 Å². The molecule has 0 N–H and O–H groups in total. The number of rotatable bonds is 1. The molecule has 3 rings (SSSR count). The topological polar surface area (TPSA) is 0 Å². The second-order valence-electron chi connectivity index (χ2n) is 5.79. The lowest BCUT2D eigenvalue weighted by Crippen LogP contribution is -1.96. The predicted octanol–water partition coefficient (Wildman–Crippen LogP) is 5.73. The maximum absolute atomic E-state index is 2.34. The average Bonchev–Trinajstić information content (AvgIpc) is 2.38. The zero-order chi connectivity index (χ0) is 13.6. The average molecular weight is 248 g/mol. The number of hydrogen-bond acceptors (Lipinski definition) is 0. The molecule has 0 fully saturated rings. The maximum atomic E-state index is 2.34. The van der Waals surface area contributed by atoms with Gasteiger partial charge in [0.25, 0.3) is 0 Å². The van der Waals surface area contributed by atoms with E-state index < -0.39 is 0 Å². The molecule has 0 aliphatic rings. The molecule has 3 aromatic carbocycles. The van der Waals surface area contributed by atoms with Crippen molar-refractivity contribution in [3.05, 3.63) is 59.2 Å². The van der Waals surface area contributed by atoms with Crippen molar-refractivity contribution in [1.82, 2.24) is 0 Å². The Kier molecular flexibility index (Phi) is 2.82. The standard InChI is InChI=1S/C19H20/c1-12(2)19-14(4)15-7-5-6-8-16(15)17-10-9-13(3)11-18(17)19/h5-12H,1-4H3. The Balaban J connectivity index is 2.61. The summed E-state index contributed by atoms with van der Waals surface area (Å²) >= 11 is 0. The largest absolute Gasteiger partial charge is 0.0616 e. The first kappa shape index (κ1) is 12.2. The van der Waals surface area contributed by atoms with Gasteiger partial charge in [-0.3, -0.25) is 0 Å². The van der Waals surface area contributed by atoms with Gasteiger partial charge in [0.1, 0.15) is 0 Å². The molecule has 0 saturated carbocycles. The first-order valence-electron chi connectivity index (χ1n) is 7.01. The summed E-state index contributed by atoms with van der Waals surface area (Å²) in [5.74, 6) is 0.550. The Hall–Kier alpha value is -1.82. The molecule has 0 saturated heterocycles. The summed E-state index contributed by atoms with van der Waals surface area (Å²) in [5, 5.41) is 5.57. The minimum atomic E-state index is 0.550. The van der Waals surface area contributed by atoms with Crippen LogP contribution in [0.5, 0.6) is 0 Å². The van der Waals surface area contributed by atoms with Crippen LogP contribution in [0.25, 0.3) is 21.5 Å². The third-order valence-electron chi connectivity index (χ3n) is 4.07. The molecule has 19 heavy (non-hydrogen) atoms. The van der Waals surface area contributed by atoms with Gasteiger partial charge in [-0.15, -0.1) is 0 Å². The molecule has 0 atom stereocenters. The van der Waals surface area contributed by atoms with Gasteiger partial charge in [-0.1, -0.05) is 61.9 Å². The summed E-state index contributed by atoms with van der Waals surface area (Å²) in [4.78, 5) is 0. The predicted molar refractivity (Wildman–Crippen MR) is 85.0 cm³/mol. The normalized spacial score (nSPS) is 11.6. The van der Waals surface area contributed by atoms with E-state index in [9.17, 15) is 0 Å². The molecule has 0 spiro atoms. The molecule has 0 heteroatoms. The quantitative estimate of drug-likeness (QED) is 0.482. The fraction of sp³-hybridized carbons (Fsp3) is 0.263. The summed E-state index contributed by atoms with van der Waals surface area (Å²) in [6.45, 7) is 9.02. The highest BCUT2D eigenvalue weighted by atomic mass is 14.2. The summed E-state index contributed by atoms with van der Waals surface area (Å²) in [6, 6.07) is 15.6. The van der Waals surface area contributed by atoms with E-state index in [0.717, 1.165) is 0 Å². The van der Waals surface area contributed by atoms with E-state index in [1.807, 2.05) is 0 Å². The molecule has 3 aromatic rings. The Morgan fingerprint density at radius 3 is 2.05 bits per heavy atom. The van der Waals surface area contributed by atoms with Gasteiger partial charge in [-0.2, -0.15) is 0 Å². The van der Waals surface area contributed by atoms with Crippen LogP contribution in [0.1, 0.15) is 36.5 Å². The van der Waals surface area contributed by atoms with Crippen LogP contribution in [0.3, 0.4) is 0 Å². The molecule has 96 valence electrons. The van der Waals surface area contributed by atoms with Crippen molar-refractivity contribution in [2.24, 2.45) is 0 Å². The Morgan fingerprint density at radius 1 is 0.737 bits per heavy atom. The van der Waals surface area contributed by atoms with Crippen molar-refractivity contribution in [3.8, 4) is 0 Å². The Labute approximate surface area is 115 Å². The highest BCUT2D eigenvalue weighted by molar-refractivity contribution is 6.11. The molecular weight excluding hydrogens is 228 g/mol. The van der Waals surface area contributed by atoms with Gasteiger partial charge >= 0.3 is 0 Å². The minimum Gasteiger partial charge on any atom is -0.0616 e. The van der Waals surface area contributed by atoms with E-state index in [1.165, 1.54) is 38.2 Å². The van der Waals surface area contributed by atoms with Crippen LogP contribution in [0, 0.1) is 13.8 Å². The summed E-state index contributed by atoms with van der Waals surface area (Å²) in [6.07, 6.45) is 0. The molecule has 0 aliphatic carbocycles. The zero-order valence-corrected chi connectivity index (χ0v) is 12.1. The van der Waals surface area contributed by atoms with Crippen molar-refractivity contribution in [3.63, 3.8) is 0 Å². The SMILES string of the molecule is Cc1ccc2c(c1)c(C(C)C)c(C)c1ccccc12. The molecule has 0 aliphatic heterocycles. The first-order chi connectivity index (χ1) is 9.09. The van der Waals surface area contributed by atoms with Crippen LogP contribution in [-0.4, -0.2) is 0 Å². The molecule has 0 radical (unpaired) electrons. The molecule has 0 amide bonds. The van der Waals surface area contributed by atoms with E-state index in [2.05, 4.69) is 70.2 Å². The van der Waals surface area contributed by atoms with Crippen molar-refractivity contribution in [2.45, 2.75) is 33.6 Å². The fourth-order valence-electron chi connectivity index (χ4n) is 3.25. The summed E-state index contributed by atoms with van der Waals surface area (Å²) in [7, 11) is 0. The van der Waals surface area contributed by atoms with E-state index >= 15 is 0 Å². The highest BCUT2D eigenvalue weighted by Gasteiger charge is 2.13. The number of hydrogen-bond donors (Lipinski definition) is 0. The second kappa shape index (κ2) is 4.38. The van der Waals surface area contributed by atoms with Gasteiger partial charge in [0, 0.05) is 0 Å². The lowest BCUT2D eigenvalue weighted by Gasteiger charge is -2.18. The molecule has 0 nitrogen and oxygen atoms in total.